The summed E-state index contributed by atoms with van der Waals surface area (Å²) in [6.07, 6.45) is 0.411. The maximum atomic E-state index is 13.2. The molecule has 5 heteroatoms. The summed E-state index contributed by atoms with van der Waals surface area (Å²) in [5, 5.41) is 0. The van der Waals surface area contributed by atoms with Crippen molar-refractivity contribution in [3.63, 3.8) is 0 Å². The molecule has 0 radical (unpaired) electrons. The van der Waals surface area contributed by atoms with E-state index in [0.29, 0.717) is 31.7 Å². The highest BCUT2D eigenvalue weighted by molar-refractivity contribution is 5.69. The van der Waals surface area contributed by atoms with Crippen molar-refractivity contribution in [2.75, 3.05) is 19.7 Å². The smallest absolute Gasteiger partial charge is 0.409 e. The van der Waals surface area contributed by atoms with E-state index in [-0.39, 0.29) is 18.5 Å². The summed E-state index contributed by atoms with van der Waals surface area (Å²) in [6.45, 7) is 1.86. The molecule has 4 nitrogen and oxygen atoms in total. The van der Waals surface area contributed by atoms with Gasteiger partial charge >= 0.3 is 6.09 Å². The zero-order valence-electron chi connectivity index (χ0n) is 9.49. The van der Waals surface area contributed by atoms with Gasteiger partial charge in [0.05, 0.1) is 6.54 Å². The van der Waals surface area contributed by atoms with Gasteiger partial charge in [-0.1, -0.05) is 12.1 Å². The SMILES string of the molecule is NCc1cc(CCN2CCOC2=O)ccc1F. The van der Waals surface area contributed by atoms with Crippen LogP contribution in [0, 0.1) is 5.82 Å². The molecule has 0 spiro atoms. The number of cyclic esters (lactones) is 1. The third kappa shape index (κ3) is 2.74. The van der Waals surface area contributed by atoms with Crippen LogP contribution in [0.25, 0.3) is 0 Å². The van der Waals surface area contributed by atoms with E-state index < -0.39 is 0 Å². The molecule has 0 atom stereocenters. The first kappa shape index (κ1) is 11.9. The first-order valence-electron chi connectivity index (χ1n) is 5.60. The molecule has 17 heavy (non-hydrogen) atoms. The quantitative estimate of drug-likeness (QED) is 0.859. The molecule has 0 bridgehead atoms. The second-order valence-corrected chi connectivity index (χ2v) is 3.98. The van der Waals surface area contributed by atoms with E-state index in [4.69, 9.17) is 10.5 Å². The lowest BCUT2D eigenvalue weighted by atomic mass is 10.1. The van der Waals surface area contributed by atoms with Crippen molar-refractivity contribution in [1.29, 1.82) is 0 Å². The van der Waals surface area contributed by atoms with Crippen LogP contribution in [0.2, 0.25) is 0 Å². The molecule has 1 fully saturated rings. The third-order valence-corrected chi connectivity index (χ3v) is 2.85. The van der Waals surface area contributed by atoms with Gasteiger partial charge in [0.25, 0.3) is 0 Å². The highest BCUT2D eigenvalue weighted by Gasteiger charge is 2.21. The number of hydrogen-bond acceptors (Lipinski definition) is 3. The van der Waals surface area contributed by atoms with Gasteiger partial charge < -0.3 is 15.4 Å². The number of nitrogens with zero attached hydrogens (tertiary/aromatic N) is 1. The monoisotopic (exact) mass is 238 g/mol. The maximum absolute atomic E-state index is 13.2. The Bertz CT molecular complexity index is 423. The molecule has 92 valence electrons. The van der Waals surface area contributed by atoms with Crippen molar-refractivity contribution in [3.05, 3.63) is 35.1 Å². The molecule has 2 N–H and O–H groups in total. The number of halogens is 1. The van der Waals surface area contributed by atoms with E-state index in [9.17, 15) is 9.18 Å². The van der Waals surface area contributed by atoms with Crippen molar-refractivity contribution in [2.45, 2.75) is 13.0 Å². The highest BCUT2D eigenvalue weighted by Crippen LogP contribution is 2.12. The minimum Gasteiger partial charge on any atom is -0.448 e. The van der Waals surface area contributed by atoms with Gasteiger partial charge in [0.1, 0.15) is 12.4 Å². The molecule has 2 rings (SSSR count). The van der Waals surface area contributed by atoms with Crippen LogP contribution < -0.4 is 5.73 Å². The molecule has 1 aliphatic heterocycles. The normalized spacial score (nSPS) is 15.2. The van der Waals surface area contributed by atoms with Crippen LogP contribution in [-0.2, 0) is 17.7 Å². The molecule has 1 saturated heterocycles. The van der Waals surface area contributed by atoms with E-state index in [1.54, 1.807) is 17.0 Å². The summed E-state index contributed by atoms with van der Waals surface area (Å²) in [4.78, 5) is 12.8. The van der Waals surface area contributed by atoms with Crippen LogP contribution in [0.3, 0.4) is 0 Å². The molecule has 0 saturated carbocycles. The standard InChI is InChI=1S/C12H15FN2O2/c13-11-2-1-9(7-10(11)8-14)3-4-15-5-6-17-12(15)16/h1-2,7H,3-6,8,14H2. The second-order valence-electron chi connectivity index (χ2n) is 3.98. The molecule has 1 aromatic carbocycles. The van der Waals surface area contributed by atoms with Crippen LogP contribution in [0.5, 0.6) is 0 Å². The number of amides is 1. The fourth-order valence-electron chi connectivity index (χ4n) is 1.83. The van der Waals surface area contributed by atoms with Gasteiger partial charge in [-0.3, -0.25) is 0 Å². The number of ether oxygens (including phenoxy) is 1. The molecule has 1 amide bonds. The summed E-state index contributed by atoms with van der Waals surface area (Å²) < 4.78 is 18.0. The van der Waals surface area contributed by atoms with Crippen molar-refractivity contribution in [1.82, 2.24) is 4.90 Å². The van der Waals surface area contributed by atoms with Gasteiger partial charge in [-0.25, -0.2) is 9.18 Å². The van der Waals surface area contributed by atoms with Crippen LogP contribution in [0.4, 0.5) is 9.18 Å². The predicted molar refractivity (Wildman–Crippen MR) is 60.9 cm³/mol. The van der Waals surface area contributed by atoms with Gasteiger partial charge in [0, 0.05) is 18.7 Å². The van der Waals surface area contributed by atoms with Crippen molar-refractivity contribution >= 4 is 6.09 Å². The van der Waals surface area contributed by atoms with E-state index in [2.05, 4.69) is 0 Å². The van der Waals surface area contributed by atoms with Gasteiger partial charge in [-0.2, -0.15) is 0 Å². The van der Waals surface area contributed by atoms with Gasteiger partial charge in [0.15, 0.2) is 0 Å². The van der Waals surface area contributed by atoms with E-state index in [1.165, 1.54) is 6.07 Å². The van der Waals surface area contributed by atoms with Crippen LogP contribution >= 0.6 is 0 Å². The minimum absolute atomic E-state index is 0.186. The minimum atomic E-state index is -0.281. The third-order valence-electron chi connectivity index (χ3n) is 2.85. The molecule has 0 aliphatic carbocycles. The number of carbonyl (C=O) groups excluding carboxylic acids is 1. The average Bonchev–Trinajstić information content (AvgIpc) is 2.74. The Labute approximate surface area is 99.2 Å². The lowest BCUT2D eigenvalue weighted by molar-refractivity contribution is 0.159. The van der Waals surface area contributed by atoms with Gasteiger partial charge in [0.2, 0.25) is 0 Å². The summed E-state index contributed by atoms with van der Waals surface area (Å²) in [5.74, 6) is -0.281. The zero-order valence-corrected chi connectivity index (χ0v) is 9.49. The Kier molecular flexibility index (Phi) is 3.58. The fraction of sp³-hybridized carbons (Fsp3) is 0.417. The maximum Gasteiger partial charge on any atom is 0.409 e. The van der Waals surface area contributed by atoms with Crippen molar-refractivity contribution in [3.8, 4) is 0 Å². The van der Waals surface area contributed by atoms with Gasteiger partial charge in [-0.15, -0.1) is 0 Å². The predicted octanol–water partition coefficient (Wildman–Crippen LogP) is 1.28. The van der Waals surface area contributed by atoms with Crippen molar-refractivity contribution in [2.24, 2.45) is 5.73 Å². The van der Waals surface area contributed by atoms with E-state index in [0.717, 1.165) is 5.56 Å². The molecular weight excluding hydrogens is 223 g/mol. The summed E-state index contributed by atoms with van der Waals surface area (Å²) in [7, 11) is 0. The summed E-state index contributed by atoms with van der Waals surface area (Å²) in [5.41, 5.74) is 6.92. The van der Waals surface area contributed by atoms with E-state index >= 15 is 0 Å². The number of carbonyl (C=O) groups is 1. The first-order valence-corrected chi connectivity index (χ1v) is 5.60. The Morgan fingerprint density at radius 1 is 1.47 bits per heavy atom. The number of hydrogen-bond donors (Lipinski definition) is 1. The first-order chi connectivity index (χ1) is 8.20. The molecule has 1 aliphatic rings. The fourth-order valence-corrected chi connectivity index (χ4v) is 1.83. The van der Waals surface area contributed by atoms with Gasteiger partial charge in [-0.05, 0) is 18.1 Å². The molecular formula is C12H15FN2O2. The second kappa shape index (κ2) is 5.14. The van der Waals surface area contributed by atoms with Crippen LogP contribution in [0.1, 0.15) is 11.1 Å². The summed E-state index contributed by atoms with van der Waals surface area (Å²) >= 11 is 0. The van der Waals surface area contributed by atoms with E-state index in [1.807, 2.05) is 0 Å². The van der Waals surface area contributed by atoms with Crippen LogP contribution in [0.15, 0.2) is 18.2 Å². The topological polar surface area (TPSA) is 55.6 Å². The highest BCUT2D eigenvalue weighted by atomic mass is 19.1. The molecule has 1 aromatic rings. The molecule has 0 unspecified atom stereocenters. The molecule has 0 aromatic heterocycles. The Hall–Kier alpha value is -1.62. The number of rotatable bonds is 4. The Balaban J connectivity index is 1.97. The average molecular weight is 238 g/mol. The largest absolute Gasteiger partial charge is 0.448 e. The summed E-state index contributed by atoms with van der Waals surface area (Å²) in [6, 6.07) is 4.88. The number of nitrogens with two attached hydrogens (primary N) is 1. The lowest BCUT2D eigenvalue weighted by Gasteiger charge is -2.12. The Morgan fingerprint density at radius 3 is 2.94 bits per heavy atom. The lowest BCUT2D eigenvalue weighted by Crippen LogP contribution is -2.26. The number of benzene rings is 1. The molecule has 1 heterocycles. The van der Waals surface area contributed by atoms with Crippen LogP contribution in [-0.4, -0.2) is 30.7 Å². The zero-order chi connectivity index (χ0) is 12.3. The van der Waals surface area contributed by atoms with Crippen molar-refractivity contribution < 1.29 is 13.9 Å². The Morgan fingerprint density at radius 2 is 2.29 bits per heavy atom.